The molecule has 6 heteroatoms. The topological polar surface area (TPSA) is 58.6 Å². The van der Waals surface area contributed by atoms with Crippen molar-refractivity contribution < 1.29 is 19.0 Å². The van der Waals surface area contributed by atoms with Gasteiger partial charge in [0.25, 0.3) is 0 Å². The summed E-state index contributed by atoms with van der Waals surface area (Å²) < 4.78 is 18.3. The Hall–Kier alpha value is -1.17. The second-order valence-electron chi connectivity index (χ2n) is 3.75. The molecule has 1 fully saturated rings. The van der Waals surface area contributed by atoms with Gasteiger partial charge in [0, 0.05) is 10.6 Å². The maximum absolute atomic E-state index is 13.3. The highest BCUT2D eigenvalue weighted by Gasteiger charge is 2.24. The van der Waals surface area contributed by atoms with Gasteiger partial charge in [-0.25, -0.2) is 4.39 Å². The summed E-state index contributed by atoms with van der Waals surface area (Å²) >= 11 is 5.84. The van der Waals surface area contributed by atoms with E-state index in [9.17, 15) is 14.3 Å². The Morgan fingerprint density at radius 1 is 1.59 bits per heavy atom. The number of carbonyl (C=O) groups is 1. The van der Waals surface area contributed by atoms with Gasteiger partial charge in [0.15, 0.2) is 0 Å². The number of aliphatic hydroxyl groups is 1. The number of benzene rings is 1. The number of halogens is 2. The minimum Gasteiger partial charge on any atom is -0.392 e. The van der Waals surface area contributed by atoms with E-state index in [2.05, 4.69) is 5.32 Å². The van der Waals surface area contributed by atoms with Crippen molar-refractivity contribution in [1.82, 2.24) is 5.32 Å². The lowest BCUT2D eigenvalue weighted by molar-refractivity contribution is -0.131. The van der Waals surface area contributed by atoms with E-state index in [0.717, 1.165) is 6.07 Å². The number of hydrogen-bond donors (Lipinski definition) is 2. The van der Waals surface area contributed by atoms with Gasteiger partial charge >= 0.3 is 0 Å². The summed E-state index contributed by atoms with van der Waals surface area (Å²) in [6.45, 7) is -0.0899. The summed E-state index contributed by atoms with van der Waals surface area (Å²) in [5, 5.41) is 12.0. The molecule has 1 aliphatic heterocycles. The lowest BCUT2D eigenvalue weighted by Gasteiger charge is -2.25. The monoisotopic (exact) mass is 259 g/mol. The van der Waals surface area contributed by atoms with Crippen LogP contribution in [0.2, 0.25) is 5.02 Å². The maximum Gasteiger partial charge on any atom is 0.246 e. The van der Waals surface area contributed by atoms with E-state index in [1.54, 1.807) is 0 Å². The number of ether oxygens (including phenoxy) is 1. The molecule has 1 aromatic rings. The highest BCUT2D eigenvalue weighted by molar-refractivity contribution is 6.31. The van der Waals surface area contributed by atoms with Crippen LogP contribution < -0.4 is 5.32 Å². The van der Waals surface area contributed by atoms with Crippen LogP contribution in [0.3, 0.4) is 0 Å². The van der Waals surface area contributed by atoms with Gasteiger partial charge in [-0.2, -0.15) is 0 Å². The first-order chi connectivity index (χ1) is 8.11. The predicted molar refractivity (Wildman–Crippen MR) is 59.0 cm³/mol. The van der Waals surface area contributed by atoms with Crippen LogP contribution >= 0.6 is 11.6 Å². The van der Waals surface area contributed by atoms with Gasteiger partial charge in [0.2, 0.25) is 5.91 Å². The van der Waals surface area contributed by atoms with Crippen molar-refractivity contribution in [3.63, 3.8) is 0 Å². The second kappa shape index (κ2) is 5.00. The first-order valence-corrected chi connectivity index (χ1v) is 5.45. The third kappa shape index (κ3) is 2.57. The fraction of sp³-hybridized carbons (Fsp3) is 0.364. The minimum atomic E-state index is -0.512. The molecule has 92 valence electrons. The number of morpholine rings is 1. The quantitative estimate of drug-likeness (QED) is 0.838. The molecule has 1 aromatic carbocycles. The van der Waals surface area contributed by atoms with Gasteiger partial charge in [-0.05, 0) is 17.7 Å². The van der Waals surface area contributed by atoms with Crippen molar-refractivity contribution in [2.45, 2.75) is 12.6 Å². The minimum absolute atomic E-state index is 0.00595. The standard InChI is InChI=1S/C11H11ClFNO3/c12-9-2-6(13)1-7(8(9)3-15)10-4-17-5-11(16)14-10/h1-2,10,15H,3-5H2,(H,14,16). The number of aliphatic hydroxyl groups excluding tert-OH is 1. The van der Waals surface area contributed by atoms with Crippen LogP contribution in [0.1, 0.15) is 17.2 Å². The van der Waals surface area contributed by atoms with Gasteiger partial charge in [0.1, 0.15) is 12.4 Å². The van der Waals surface area contributed by atoms with E-state index in [1.807, 2.05) is 0 Å². The molecular formula is C11H11ClFNO3. The van der Waals surface area contributed by atoms with Crippen LogP contribution in [-0.2, 0) is 16.1 Å². The largest absolute Gasteiger partial charge is 0.392 e. The van der Waals surface area contributed by atoms with Gasteiger partial charge in [-0.1, -0.05) is 11.6 Å². The molecule has 1 atom stereocenters. The third-order valence-electron chi connectivity index (χ3n) is 2.58. The van der Waals surface area contributed by atoms with Crippen molar-refractivity contribution in [3.8, 4) is 0 Å². The summed E-state index contributed by atoms with van der Waals surface area (Å²) in [5.41, 5.74) is 0.856. The van der Waals surface area contributed by atoms with Crippen LogP contribution in [-0.4, -0.2) is 24.2 Å². The Morgan fingerprint density at radius 3 is 3.00 bits per heavy atom. The number of nitrogens with one attached hydrogen (secondary N) is 1. The normalized spacial score (nSPS) is 20.2. The molecule has 1 aliphatic rings. The van der Waals surface area contributed by atoms with E-state index < -0.39 is 11.9 Å². The predicted octanol–water partition coefficient (Wildman–Crippen LogP) is 1.16. The molecule has 1 amide bonds. The smallest absolute Gasteiger partial charge is 0.246 e. The molecule has 4 nitrogen and oxygen atoms in total. The summed E-state index contributed by atoms with van der Waals surface area (Å²) in [4.78, 5) is 11.2. The highest BCUT2D eigenvalue weighted by Crippen LogP contribution is 2.28. The molecule has 2 N–H and O–H groups in total. The van der Waals surface area contributed by atoms with Crippen molar-refractivity contribution in [3.05, 3.63) is 34.1 Å². The van der Waals surface area contributed by atoms with Gasteiger partial charge in [-0.15, -0.1) is 0 Å². The SMILES string of the molecule is O=C1COCC(c2cc(F)cc(Cl)c2CO)N1. The molecule has 0 aromatic heterocycles. The zero-order valence-corrected chi connectivity index (χ0v) is 9.63. The number of hydrogen-bond acceptors (Lipinski definition) is 3. The Morgan fingerprint density at radius 2 is 2.35 bits per heavy atom. The van der Waals surface area contributed by atoms with Gasteiger partial charge in [0.05, 0.1) is 19.3 Å². The zero-order valence-electron chi connectivity index (χ0n) is 8.87. The van der Waals surface area contributed by atoms with Crippen molar-refractivity contribution in [1.29, 1.82) is 0 Å². The fourth-order valence-electron chi connectivity index (χ4n) is 1.82. The summed E-state index contributed by atoms with van der Waals surface area (Å²) in [6, 6.07) is 1.89. The second-order valence-corrected chi connectivity index (χ2v) is 4.16. The van der Waals surface area contributed by atoms with Crippen LogP contribution in [0.4, 0.5) is 4.39 Å². The van der Waals surface area contributed by atoms with Crippen LogP contribution in [0, 0.1) is 5.82 Å². The van der Waals surface area contributed by atoms with Gasteiger partial charge in [-0.3, -0.25) is 4.79 Å². The molecule has 0 radical (unpaired) electrons. The van der Waals surface area contributed by atoms with Crippen LogP contribution in [0.15, 0.2) is 12.1 Å². The number of rotatable bonds is 2. The van der Waals surface area contributed by atoms with Crippen molar-refractivity contribution >= 4 is 17.5 Å². The van der Waals surface area contributed by atoms with Crippen LogP contribution in [0.25, 0.3) is 0 Å². The number of amides is 1. The molecular weight excluding hydrogens is 249 g/mol. The first-order valence-electron chi connectivity index (χ1n) is 5.07. The molecule has 2 rings (SSSR count). The molecule has 1 unspecified atom stereocenters. The maximum atomic E-state index is 13.3. The van der Waals surface area contributed by atoms with E-state index in [-0.39, 0.29) is 30.8 Å². The van der Waals surface area contributed by atoms with E-state index >= 15 is 0 Å². The van der Waals surface area contributed by atoms with Crippen molar-refractivity contribution in [2.75, 3.05) is 13.2 Å². The van der Waals surface area contributed by atoms with E-state index in [1.165, 1.54) is 6.07 Å². The van der Waals surface area contributed by atoms with Crippen molar-refractivity contribution in [2.24, 2.45) is 0 Å². The molecule has 0 spiro atoms. The molecule has 1 heterocycles. The molecule has 1 saturated heterocycles. The Labute approximate surface area is 102 Å². The van der Waals surface area contributed by atoms with E-state index in [4.69, 9.17) is 16.3 Å². The Balaban J connectivity index is 2.39. The molecule has 0 saturated carbocycles. The zero-order chi connectivity index (χ0) is 12.4. The molecule has 17 heavy (non-hydrogen) atoms. The summed E-state index contributed by atoms with van der Waals surface area (Å²) in [5.74, 6) is -0.785. The Kier molecular flexibility index (Phi) is 3.61. The lowest BCUT2D eigenvalue weighted by atomic mass is 10.00. The average molecular weight is 260 g/mol. The third-order valence-corrected chi connectivity index (χ3v) is 2.92. The van der Waals surface area contributed by atoms with E-state index in [0.29, 0.717) is 11.1 Å². The Bertz CT molecular complexity index is 453. The fourth-order valence-corrected chi connectivity index (χ4v) is 2.09. The van der Waals surface area contributed by atoms with Gasteiger partial charge < -0.3 is 15.2 Å². The van der Waals surface area contributed by atoms with Crippen LogP contribution in [0.5, 0.6) is 0 Å². The molecule has 0 aliphatic carbocycles. The first kappa shape index (κ1) is 12.3. The summed E-state index contributed by atoms with van der Waals surface area (Å²) in [6.07, 6.45) is 0. The highest BCUT2D eigenvalue weighted by atomic mass is 35.5. The number of carbonyl (C=O) groups excluding carboxylic acids is 1. The average Bonchev–Trinajstić information content (AvgIpc) is 2.28. The lowest BCUT2D eigenvalue weighted by Crippen LogP contribution is -2.40. The molecule has 0 bridgehead atoms. The summed E-state index contributed by atoms with van der Waals surface area (Å²) in [7, 11) is 0.